The summed E-state index contributed by atoms with van der Waals surface area (Å²) in [6, 6.07) is 0.679. The molecular weight excluding hydrogens is 246 g/mol. The highest BCUT2D eigenvalue weighted by molar-refractivity contribution is 7.98. The van der Waals surface area contributed by atoms with Gasteiger partial charge in [0.05, 0.1) is 13.3 Å². The highest BCUT2D eigenvalue weighted by atomic mass is 35.5. The fraction of sp³-hybridized carbons (Fsp3) is 0.600. The molecule has 1 atom stereocenters. The topological polar surface area (TPSA) is 47.0 Å². The van der Waals surface area contributed by atoms with Crippen LogP contribution < -0.4 is 10.1 Å². The number of hydrogen-bond donors (Lipinski definition) is 1. The highest BCUT2D eigenvalue weighted by Crippen LogP contribution is 2.21. The molecule has 1 rings (SSSR count). The summed E-state index contributed by atoms with van der Waals surface area (Å²) in [6.45, 7) is 2.13. The molecule has 0 bridgehead atoms. The average molecular weight is 262 g/mol. The minimum absolute atomic E-state index is 0.325. The summed E-state index contributed by atoms with van der Waals surface area (Å²) in [4.78, 5) is 8.10. The Kier molecular flexibility index (Phi) is 5.69. The van der Waals surface area contributed by atoms with E-state index in [0.717, 1.165) is 12.2 Å². The first-order chi connectivity index (χ1) is 7.71. The molecular formula is C10H16ClN3OS. The summed E-state index contributed by atoms with van der Waals surface area (Å²) in [5, 5.41) is 3.80. The van der Waals surface area contributed by atoms with Gasteiger partial charge in [0, 0.05) is 11.8 Å². The molecule has 0 saturated carbocycles. The largest absolute Gasteiger partial charge is 0.467 e. The molecule has 90 valence electrons. The molecule has 0 aliphatic heterocycles. The zero-order chi connectivity index (χ0) is 12.0. The van der Waals surface area contributed by atoms with E-state index in [-0.39, 0.29) is 0 Å². The van der Waals surface area contributed by atoms with Crippen molar-refractivity contribution in [1.29, 1.82) is 0 Å². The second-order valence-corrected chi connectivity index (χ2v) is 4.58. The van der Waals surface area contributed by atoms with E-state index in [0.29, 0.717) is 22.9 Å². The predicted octanol–water partition coefficient (Wildman–Crippen LogP) is 2.69. The third kappa shape index (κ3) is 3.72. The lowest BCUT2D eigenvalue weighted by Gasteiger charge is -2.17. The van der Waals surface area contributed by atoms with E-state index in [9.17, 15) is 0 Å². The predicted molar refractivity (Wildman–Crippen MR) is 69.7 cm³/mol. The maximum Gasteiger partial charge on any atom is 0.318 e. The van der Waals surface area contributed by atoms with Gasteiger partial charge in [0.1, 0.15) is 5.02 Å². The van der Waals surface area contributed by atoms with Crippen LogP contribution in [0.1, 0.15) is 13.3 Å². The fourth-order valence-corrected chi connectivity index (χ4v) is 2.07. The van der Waals surface area contributed by atoms with Gasteiger partial charge in [-0.15, -0.1) is 0 Å². The van der Waals surface area contributed by atoms with Crippen LogP contribution in [0.5, 0.6) is 6.01 Å². The van der Waals surface area contributed by atoms with Crippen LogP contribution in [0.25, 0.3) is 0 Å². The molecule has 0 aliphatic carbocycles. The molecule has 1 N–H and O–H groups in total. The van der Waals surface area contributed by atoms with Crippen LogP contribution in [0.4, 0.5) is 5.82 Å². The first kappa shape index (κ1) is 13.4. The van der Waals surface area contributed by atoms with E-state index in [2.05, 4.69) is 28.5 Å². The maximum absolute atomic E-state index is 6.00. The van der Waals surface area contributed by atoms with Crippen molar-refractivity contribution in [3.8, 4) is 6.01 Å². The monoisotopic (exact) mass is 261 g/mol. The Morgan fingerprint density at radius 3 is 2.94 bits per heavy atom. The van der Waals surface area contributed by atoms with Crippen molar-refractivity contribution >= 4 is 29.2 Å². The highest BCUT2D eigenvalue weighted by Gasteiger charge is 2.10. The number of nitrogens with one attached hydrogen (secondary N) is 1. The number of aromatic nitrogens is 2. The van der Waals surface area contributed by atoms with Gasteiger partial charge in [-0.05, 0) is 12.7 Å². The second kappa shape index (κ2) is 6.81. The van der Waals surface area contributed by atoms with E-state index >= 15 is 0 Å². The maximum atomic E-state index is 6.00. The number of anilines is 1. The van der Waals surface area contributed by atoms with Crippen LogP contribution >= 0.6 is 23.4 Å². The number of rotatable bonds is 6. The minimum atomic E-state index is 0.325. The SMILES string of the molecule is CCC(CSC)Nc1nc(OC)ncc1Cl. The van der Waals surface area contributed by atoms with Crippen LogP contribution in [0.15, 0.2) is 6.20 Å². The number of ether oxygens (including phenoxy) is 1. The van der Waals surface area contributed by atoms with E-state index in [1.54, 1.807) is 18.0 Å². The molecule has 0 aliphatic rings. The lowest BCUT2D eigenvalue weighted by molar-refractivity contribution is 0.380. The van der Waals surface area contributed by atoms with Gasteiger partial charge in [-0.25, -0.2) is 4.98 Å². The van der Waals surface area contributed by atoms with Crippen molar-refractivity contribution < 1.29 is 4.74 Å². The van der Waals surface area contributed by atoms with Crippen LogP contribution in [-0.4, -0.2) is 35.1 Å². The van der Waals surface area contributed by atoms with Crippen molar-refractivity contribution in [3.05, 3.63) is 11.2 Å². The number of halogens is 1. The van der Waals surface area contributed by atoms with Crippen molar-refractivity contribution in [2.75, 3.05) is 24.4 Å². The van der Waals surface area contributed by atoms with Crippen LogP contribution in [0.2, 0.25) is 5.02 Å². The molecule has 1 aromatic heterocycles. The van der Waals surface area contributed by atoms with Crippen LogP contribution in [-0.2, 0) is 0 Å². The number of hydrogen-bond acceptors (Lipinski definition) is 5. The van der Waals surface area contributed by atoms with Gasteiger partial charge in [0.2, 0.25) is 0 Å². The van der Waals surface area contributed by atoms with Crippen molar-refractivity contribution in [2.45, 2.75) is 19.4 Å². The molecule has 6 heteroatoms. The molecule has 0 fully saturated rings. The normalized spacial score (nSPS) is 12.2. The Morgan fingerprint density at radius 2 is 2.38 bits per heavy atom. The van der Waals surface area contributed by atoms with Crippen molar-refractivity contribution in [3.63, 3.8) is 0 Å². The Balaban J connectivity index is 2.77. The van der Waals surface area contributed by atoms with Gasteiger partial charge >= 0.3 is 6.01 Å². The summed E-state index contributed by atoms with van der Waals surface area (Å²) in [5.74, 6) is 1.65. The molecule has 0 aromatic carbocycles. The zero-order valence-electron chi connectivity index (χ0n) is 9.66. The summed E-state index contributed by atoms with van der Waals surface area (Å²) in [7, 11) is 1.53. The second-order valence-electron chi connectivity index (χ2n) is 3.26. The first-order valence-corrected chi connectivity index (χ1v) is 6.80. The van der Waals surface area contributed by atoms with Gasteiger partial charge in [0.25, 0.3) is 0 Å². The Bertz CT molecular complexity index is 338. The molecule has 0 saturated heterocycles. The molecule has 1 unspecified atom stereocenters. The lowest BCUT2D eigenvalue weighted by Crippen LogP contribution is -2.22. The summed E-state index contributed by atoms with van der Waals surface area (Å²) >= 11 is 7.79. The van der Waals surface area contributed by atoms with Gasteiger partial charge in [-0.3, -0.25) is 0 Å². The molecule has 0 amide bonds. The van der Waals surface area contributed by atoms with Crippen LogP contribution in [0, 0.1) is 0 Å². The van der Waals surface area contributed by atoms with Gasteiger partial charge in [-0.2, -0.15) is 16.7 Å². The third-order valence-electron chi connectivity index (χ3n) is 2.11. The van der Waals surface area contributed by atoms with Gasteiger partial charge in [0.15, 0.2) is 5.82 Å². The summed E-state index contributed by atoms with van der Waals surface area (Å²) in [6.07, 6.45) is 4.64. The lowest BCUT2D eigenvalue weighted by atomic mass is 10.2. The van der Waals surface area contributed by atoms with E-state index in [1.807, 2.05) is 0 Å². The number of thioether (sulfide) groups is 1. The zero-order valence-corrected chi connectivity index (χ0v) is 11.2. The molecule has 16 heavy (non-hydrogen) atoms. The van der Waals surface area contributed by atoms with Crippen LogP contribution in [0.3, 0.4) is 0 Å². The Hall–Kier alpha value is -0.680. The van der Waals surface area contributed by atoms with Crippen molar-refractivity contribution in [2.24, 2.45) is 0 Å². The number of nitrogens with zero attached hydrogens (tertiary/aromatic N) is 2. The molecule has 1 aromatic rings. The first-order valence-electron chi connectivity index (χ1n) is 5.03. The Morgan fingerprint density at radius 1 is 1.62 bits per heavy atom. The average Bonchev–Trinajstić information content (AvgIpc) is 2.31. The fourth-order valence-electron chi connectivity index (χ4n) is 1.21. The van der Waals surface area contributed by atoms with E-state index in [1.165, 1.54) is 7.11 Å². The quantitative estimate of drug-likeness (QED) is 0.853. The smallest absolute Gasteiger partial charge is 0.318 e. The Labute approximate surface area is 105 Å². The number of methoxy groups -OCH3 is 1. The van der Waals surface area contributed by atoms with Gasteiger partial charge < -0.3 is 10.1 Å². The minimum Gasteiger partial charge on any atom is -0.467 e. The summed E-state index contributed by atoms with van der Waals surface area (Å²) in [5.41, 5.74) is 0. The van der Waals surface area contributed by atoms with E-state index in [4.69, 9.17) is 16.3 Å². The van der Waals surface area contributed by atoms with Crippen molar-refractivity contribution in [1.82, 2.24) is 9.97 Å². The van der Waals surface area contributed by atoms with Gasteiger partial charge in [-0.1, -0.05) is 18.5 Å². The molecule has 0 spiro atoms. The molecule has 4 nitrogen and oxygen atoms in total. The molecule has 0 radical (unpaired) electrons. The standard InChI is InChI=1S/C10H16ClN3OS/c1-4-7(6-16-3)13-9-8(11)5-12-10(14-9)15-2/h5,7H,4,6H2,1-3H3,(H,12,13,14). The third-order valence-corrected chi connectivity index (χ3v) is 3.12. The summed E-state index contributed by atoms with van der Waals surface area (Å²) < 4.78 is 4.96. The van der Waals surface area contributed by atoms with E-state index < -0.39 is 0 Å². The molecule has 1 heterocycles.